The number of methoxy groups -OCH3 is 1. The first-order chi connectivity index (χ1) is 17.8. The highest BCUT2D eigenvalue weighted by atomic mass is 32.2. The fourth-order valence-corrected chi connectivity index (χ4v) is 6.01. The Kier molecular flexibility index (Phi) is 7.35. The summed E-state index contributed by atoms with van der Waals surface area (Å²) in [6.07, 6.45) is 7.78. The predicted octanol–water partition coefficient (Wildman–Crippen LogP) is 5.40. The number of rotatable bonds is 6. The van der Waals surface area contributed by atoms with Crippen molar-refractivity contribution in [1.82, 2.24) is 14.3 Å². The van der Waals surface area contributed by atoms with Crippen molar-refractivity contribution in [1.29, 1.82) is 0 Å². The van der Waals surface area contributed by atoms with Crippen LogP contribution >= 0.6 is 24.0 Å². The Morgan fingerprint density at radius 1 is 1.14 bits per heavy atom. The van der Waals surface area contributed by atoms with E-state index in [9.17, 15) is 9.59 Å². The maximum atomic E-state index is 13.7. The van der Waals surface area contributed by atoms with Gasteiger partial charge >= 0.3 is 0 Å². The summed E-state index contributed by atoms with van der Waals surface area (Å²) in [6, 6.07) is 11.6. The summed E-state index contributed by atoms with van der Waals surface area (Å²) in [6.45, 7) is 4.56. The van der Waals surface area contributed by atoms with Gasteiger partial charge in [0.15, 0.2) is 0 Å². The van der Waals surface area contributed by atoms with Crippen LogP contribution in [-0.4, -0.2) is 37.7 Å². The highest BCUT2D eigenvalue weighted by molar-refractivity contribution is 8.26. The minimum atomic E-state index is -0.211. The van der Waals surface area contributed by atoms with E-state index in [1.54, 1.807) is 28.7 Å². The van der Waals surface area contributed by atoms with Gasteiger partial charge in [-0.15, -0.1) is 0 Å². The van der Waals surface area contributed by atoms with Crippen LogP contribution in [0.4, 0.5) is 5.82 Å². The average Bonchev–Trinajstić information content (AvgIpc) is 3.16. The van der Waals surface area contributed by atoms with Gasteiger partial charge in [0, 0.05) is 12.2 Å². The molecular weight excluding hydrogens is 504 g/mol. The van der Waals surface area contributed by atoms with Crippen molar-refractivity contribution in [3.63, 3.8) is 0 Å². The number of fused-ring (bicyclic) bond motifs is 1. The molecule has 192 valence electrons. The predicted molar refractivity (Wildman–Crippen MR) is 153 cm³/mol. The minimum absolute atomic E-state index is 0.208. The van der Waals surface area contributed by atoms with Crippen LogP contribution < -0.4 is 15.6 Å². The Bertz CT molecular complexity index is 1440. The number of pyridine rings is 1. The summed E-state index contributed by atoms with van der Waals surface area (Å²) in [4.78, 5) is 33.9. The number of amides is 1. The van der Waals surface area contributed by atoms with Gasteiger partial charge in [0.2, 0.25) is 0 Å². The molecule has 3 heterocycles. The van der Waals surface area contributed by atoms with E-state index in [0.717, 1.165) is 42.6 Å². The first kappa shape index (κ1) is 25.5. The number of anilines is 1. The highest BCUT2D eigenvalue weighted by Crippen LogP contribution is 2.35. The van der Waals surface area contributed by atoms with Crippen molar-refractivity contribution in [3.8, 4) is 5.75 Å². The van der Waals surface area contributed by atoms with Crippen LogP contribution in [0, 0.1) is 12.8 Å². The third kappa shape index (κ3) is 5.43. The second-order valence-electron chi connectivity index (χ2n) is 9.83. The topological polar surface area (TPSA) is 75.9 Å². The molecule has 1 amide bonds. The molecule has 1 saturated heterocycles. The second-order valence-corrected chi connectivity index (χ2v) is 11.5. The molecule has 3 aromatic rings. The maximum absolute atomic E-state index is 13.7. The molecule has 0 atom stereocenters. The number of hydrogen-bond donors (Lipinski definition) is 1. The lowest BCUT2D eigenvalue weighted by Crippen LogP contribution is -2.29. The lowest BCUT2D eigenvalue weighted by Gasteiger charge is -2.27. The first-order valence-electron chi connectivity index (χ1n) is 12.5. The van der Waals surface area contributed by atoms with Crippen molar-refractivity contribution in [2.75, 3.05) is 12.4 Å². The Hall–Kier alpha value is -3.17. The molecule has 1 N–H and O–H groups in total. The van der Waals surface area contributed by atoms with Gasteiger partial charge in [-0.05, 0) is 73.9 Å². The zero-order valence-electron chi connectivity index (χ0n) is 21.2. The maximum Gasteiger partial charge on any atom is 0.267 e. The SMILES string of the molecule is COc1ccc(CN2C(=O)/C(=C\c3c(NC4CCC(C)CC4)nc4ccc(C)cn4c3=O)SC2=S)cc1. The molecule has 1 saturated carbocycles. The van der Waals surface area contributed by atoms with Gasteiger partial charge in [0.1, 0.15) is 21.5 Å². The highest BCUT2D eigenvalue weighted by Gasteiger charge is 2.33. The van der Waals surface area contributed by atoms with Gasteiger partial charge in [-0.2, -0.15) is 0 Å². The summed E-state index contributed by atoms with van der Waals surface area (Å²) in [5.74, 6) is 1.77. The number of nitrogens with zero attached hydrogens (tertiary/aromatic N) is 3. The lowest BCUT2D eigenvalue weighted by molar-refractivity contribution is -0.122. The minimum Gasteiger partial charge on any atom is -0.497 e. The Balaban J connectivity index is 1.49. The molecule has 37 heavy (non-hydrogen) atoms. The van der Waals surface area contributed by atoms with Gasteiger partial charge in [-0.25, -0.2) is 4.98 Å². The molecule has 2 aromatic heterocycles. The summed E-state index contributed by atoms with van der Waals surface area (Å²) >= 11 is 6.76. The Morgan fingerprint density at radius 2 is 1.86 bits per heavy atom. The Morgan fingerprint density at radius 3 is 2.57 bits per heavy atom. The molecule has 5 rings (SSSR count). The van der Waals surface area contributed by atoms with Gasteiger partial charge in [0.25, 0.3) is 11.5 Å². The Labute approximate surface area is 225 Å². The summed E-state index contributed by atoms with van der Waals surface area (Å²) in [7, 11) is 1.62. The number of carbonyl (C=O) groups excluding carboxylic acids is 1. The molecule has 9 heteroatoms. The van der Waals surface area contributed by atoms with Crippen LogP contribution in [0.15, 0.2) is 52.3 Å². The summed E-state index contributed by atoms with van der Waals surface area (Å²) < 4.78 is 7.24. The molecule has 0 spiro atoms. The van der Waals surface area contributed by atoms with Crippen molar-refractivity contribution in [2.45, 2.75) is 52.1 Å². The van der Waals surface area contributed by atoms with E-state index in [1.165, 1.54) is 11.8 Å². The molecular formula is C28H30N4O3S2. The van der Waals surface area contributed by atoms with Crippen molar-refractivity contribution in [2.24, 2.45) is 5.92 Å². The molecule has 1 aliphatic carbocycles. The molecule has 7 nitrogen and oxygen atoms in total. The number of ether oxygens (including phenoxy) is 1. The number of carbonyl (C=O) groups is 1. The number of thioether (sulfide) groups is 1. The van der Waals surface area contributed by atoms with E-state index in [1.807, 2.05) is 43.3 Å². The van der Waals surface area contributed by atoms with Gasteiger partial charge in [-0.3, -0.25) is 18.9 Å². The molecule has 1 aromatic carbocycles. The first-order valence-corrected chi connectivity index (χ1v) is 13.7. The molecule has 2 aliphatic rings. The van der Waals surface area contributed by atoms with E-state index >= 15 is 0 Å². The molecule has 0 bridgehead atoms. The molecule has 2 fully saturated rings. The standard InChI is InChI=1S/C28H30N4O3S2/c1-17-4-9-20(10-5-17)29-25-22(26(33)31-15-18(2)6-13-24(31)30-25)14-23-27(34)32(28(36)37-23)16-19-7-11-21(35-3)12-8-19/h6-8,11-15,17,20,29H,4-5,9-10,16H2,1-3H3/b23-14+. The summed E-state index contributed by atoms with van der Waals surface area (Å²) in [5, 5.41) is 3.53. The third-order valence-corrected chi connectivity index (χ3v) is 8.39. The van der Waals surface area contributed by atoms with Crippen molar-refractivity contribution >= 4 is 51.7 Å². The fourth-order valence-electron chi connectivity index (χ4n) is 4.78. The molecule has 0 unspecified atom stereocenters. The van der Waals surface area contributed by atoms with Crippen LogP contribution in [-0.2, 0) is 11.3 Å². The smallest absolute Gasteiger partial charge is 0.267 e. The number of benzene rings is 1. The number of thiocarbonyl (C=S) groups is 1. The van der Waals surface area contributed by atoms with Crippen LogP contribution in [0.2, 0.25) is 0 Å². The molecule has 1 aliphatic heterocycles. The number of aryl methyl sites for hydroxylation is 1. The zero-order chi connectivity index (χ0) is 26.1. The summed E-state index contributed by atoms with van der Waals surface area (Å²) in [5.41, 5.74) is 2.64. The number of aromatic nitrogens is 2. The largest absolute Gasteiger partial charge is 0.497 e. The lowest BCUT2D eigenvalue weighted by atomic mass is 9.87. The quantitative estimate of drug-likeness (QED) is 0.335. The van der Waals surface area contributed by atoms with Gasteiger partial charge in [-0.1, -0.05) is 49.1 Å². The van der Waals surface area contributed by atoms with E-state index in [2.05, 4.69) is 12.2 Å². The second kappa shape index (κ2) is 10.7. The van der Waals surface area contributed by atoms with E-state index in [4.69, 9.17) is 21.9 Å². The van der Waals surface area contributed by atoms with Gasteiger partial charge < -0.3 is 10.1 Å². The van der Waals surface area contributed by atoms with Crippen molar-refractivity contribution in [3.05, 3.63) is 74.5 Å². The van der Waals surface area contributed by atoms with Crippen LogP contribution in [0.5, 0.6) is 5.75 Å². The van der Waals surface area contributed by atoms with E-state index in [0.29, 0.717) is 38.7 Å². The fraction of sp³-hybridized carbons (Fsp3) is 0.357. The zero-order valence-corrected chi connectivity index (χ0v) is 22.8. The number of hydrogen-bond acceptors (Lipinski definition) is 7. The number of nitrogens with one attached hydrogen (secondary N) is 1. The van der Waals surface area contributed by atoms with Crippen LogP contribution in [0.25, 0.3) is 11.7 Å². The third-order valence-electron chi connectivity index (χ3n) is 7.01. The van der Waals surface area contributed by atoms with Crippen LogP contribution in [0.3, 0.4) is 0 Å². The van der Waals surface area contributed by atoms with E-state index < -0.39 is 0 Å². The monoisotopic (exact) mass is 534 g/mol. The van der Waals surface area contributed by atoms with E-state index in [-0.39, 0.29) is 17.5 Å². The normalized spacial score (nSPS) is 21.2. The van der Waals surface area contributed by atoms with Crippen LogP contribution in [0.1, 0.15) is 49.3 Å². The van der Waals surface area contributed by atoms with Gasteiger partial charge in [0.05, 0.1) is 24.1 Å². The molecule has 0 radical (unpaired) electrons. The average molecular weight is 535 g/mol. The van der Waals surface area contributed by atoms with Crippen molar-refractivity contribution < 1.29 is 9.53 Å².